The molecule has 0 fully saturated rings. The van der Waals surface area contributed by atoms with Crippen LogP contribution in [-0.4, -0.2) is 49.3 Å². The third kappa shape index (κ3) is 7.49. The second-order valence-corrected chi connectivity index (χ2v) is 2.76. The van der Waals surface area contributed by atoms with Crippen molar-refractivity contribution in [1.82, 2.24) is 4.90 Å². The summed E-state index contributed by atoms with van der Waals surface area (Å²) in [4.78, 5) is 12.2. The number of hydrogen-bond donors (Lipinski definition) is 1. The fourth-order valence-corrected chi connectivity index (χ4v) is 1.04. The van der Waals surface area contributed by atoms with Crippen LogP contribution >= 0.6 is 0 Å². The van der Waals surface area contributed by atoms with E-state index >= 15 is 0 Å². The first-order valence-electron chi connectivity index (χ1n) is 4.24. The van der Waals surface area contributed by atoms with Crippen LogP contribution in [0, 0.1) is 0 Å². The zero-order valence-corrected chi connectivity index (χ0v) is 8.03. The SMILES string of the molecule is C=CCN(CCCOC)CC(=O)O. The van der Waals surface area contributed by atoms with E-state index in [4.69, 9.17) is 9.84 Å². The standard InChI is InChI=1S/C9H17NO3/c1-3-5-10(8-9(11)12)6-4-7-13-2/h3H,1,4-8H2,2H3,(H,11,12). The third-order valence-electron chi connectivity index (χ3n) is 1.57. The van der Waals surface area contributed by atoms with Gasteiger partial charge in [0.1, 0.15) is 0 Å². The molecule has 0 aromatic rings. The van der Waals surface area contributed by atoms with Crippen molar-refractivity contribution >= 4 is 5.97 Å². The van der Waals surface area contributed by atoms with E-state index in [1.165, 1.54) is 0 Å². The number of carbonyl (C=O) groups is 1. The predicted octanol–water partition coefficient (Wildman–Crippen LogP) is 0.595. The maximum atomic E-state index is 10.4. The summed E-state index contributed by atoms with van der Waals surface area (Å²) >= 11 is 0. The Labute approximate surface area is 78.8 Å². The molecule has 0 aliphatic carbocycles. The Bertz CT molecular complexity index is 159. The molecule has 0 bridgehead atoms. The second-order valence-electron chi connectivity index (χ2n) is 2.76. The van der Waals surface area contributed by atoms with Gasteiger partial charge >= 0.3 is 5.97 Å². The van der Waals surface area contributed by atoms with Gasteiger partial charge in [-0.1, -0.05) is 6.08 Å². The summed E-state index contributed by atoms with van der Waals surface area (Å²) < 4.78 is 4.88. The van der Waals surface area contributed by atoms with Gasteiger partial charge in [0.2, 0.25) is 0 Å². The van der Waals surface area contributed by atoms with E-state index in [0.29, 0.717) is 13.2 Å². The van der Waals surface area contributed by atoms with Gasteiger partial charge in [0, 0.05) is 26.8 Å². The van der Waals surface area contributed by atoms with Crippen molar-refractivity contribution in [3.63, 3.8) is 0 Å². The highest BCUT2D eigenvalue weighted by Crippen LogP contribution is 1.92. The Morgan fingerprint density at radius 3 is 2.85 bits per heavy atom. The molecular weight excluding hydrogens is 170 g/mol. The largest absolute Gasteiger partial charge is 0.480 e. The van der Waals surface area contributed by atoms with Crippen molar-refractivity contribution in [3.05, 3.63) is 12.7 Å². The topological polar surface area (TPSA) is 49.8 Å². The number of aliphatic carboxylic acids is 1. The number of nitrogens with zero attached hydrogens (tertiary/aromatic N) is 1. The lowest BCUT2D eigenvalue weighted by Crippen LogP contribution is -2.31. The van der Waals surface area contributed by atoms with E-state index in [1.54, 1.807) is 13.2 Å². The Morgan fingerprint density at radius 1 is 1.69 bits per heavy atom. The van der Waals surface area contributed by atoms with Crippen molar-refractivity contribution < 1.29 is 14.6 Å². The van der Waals surface area contributed by atoms with Gasteiger partial charge in [-0.25, -0.2) is 0 Å². The molecule has 0 aromatic heterocycles. The number of ether oxygens (including phenoxy) is 1. The van der Waals surface area contributed by atoms with E-state index in [2.05, 4.69) is 6.58 Å². The summed E-state index contributed by atoms with van der Waals surface area (Å²) in [5.74, 6) is -0.806. The molecule has 0 saturated heterocycles. The van der Waals surface area contributed by atoms with E-state index in [9.17, 15) is 4.79 Å². The highest BCUT2D eigenvalue weighted by Gasteiger charge is 2.06. The number of hydrogen-bond acceptors (Lipinski definition) is 3. The van der Waals surface area contributed by atoms with E-state index in [1.807, 2.05) is 4.90 Å². The molecule has 0 unspecified atom stereocenters. The van der Waals surface area contributed by atoms with Gasteiger partial charge in [0.05, 0.1) is 6.54 Å². The first-order valence-corrected chi connectivity index (χ1v) is 4.24. The number of rotatable bonds is 8. The van der Waals surface area contributed by atoms with Crippen molar-refractivity contribution in [2.24, 2.45) is 0 Å². The Hall–Kier alpha value is -0.870. The van der Waals surface area contributed by atoms with E-state index in [0.717, 1.165) is 13.0 Å². The zero-order chi connectivity index (χ0) is 10.1. The average molecular weight is 187 g/mol. The molecule has 0 amide bonds. The average Bonchev–Trinajstić information content (AvgIpc) is 2.04. The Morgan fingerprint density at radius 2 is 2.38 bits per heavy atom. The van der Waals surface area contributed by atoms with Crippen LogP contribution in [0.5, 0.6) is 0 Å². The normalized spacial score (nSPS) is 10.3. The molecule has 0 heterocycles. The van der Waals surface area contributed by atoms with Gasteiger partial charge < -0.3 is 9.84 Å². The predicted molar refractivity (Wildman–Crippen MR) is 50.8 cm³/mol. The van der Waals surface area contributed by atoms with Crippen molar-refractivity contribution in [1.29, 1.82) is 0 Å². The maximum absolute atomic E-state index is 10.4. The molecule has 1 N–H and O–H groups in total. The van der Waals surface area contributed by atoms with Crippen LogP contribution in [0.1, 0.15) is 6.42 Å². The van der Waals surface area contributed by atoms with Gasteiger partial charge in [-0.05, 0) is 6.42 Å². The summed E-state index contributed by atoms with van der Waals surface area (Å²) in [6.45, 7) is 5.63. The highest BCUT2D eigenvalue weighted by atomic mass is 16.5. The summed E-state index contributed by atoms with van der Waals surface area (Å²) in [7, 11) is 1.63. The van der Waals surface area contributed by atoms with E-state index < -0.39 is 5.97 Å². The fourth-order valence-electron chi connectivity index (χ4n) is 1.04. The molecule has 4 heteroatoms. The Balaban J connectivity index is 3.65. The molecule has 0 saturated carbocycles. The van der Waals surface area contributed by atoms with E-state index in [-0.39, 0.29) is 6.54 Å². The van der Waals surface area contributed by atoms with Gasteiger partial charge in [-0.2, -0.15) is 0 Å². The summed E-state index contributed by atoms with van der Waals surface area (Å²) in [6.07, 6.45) is 2.55. The smallest absolute Gasteiger partial charge is 0.317 e. The van der Waals surface area contributed by atoms with Crippen LogP contribution in [0.4, 0.5) is 0 Å². The quantitative estimate of drug-likeness (QED) is 0.446. The molecule has 0 aliphatic rings. The molecular formula is C9H17NO3. The minimum Gasteiger partial charge on any atom is -0.480 e. The molecule has 0 atom stereocenters. The molecule has 13 heavy (non-hydrogen) atoms. The van der Waals surface area contributed by atoms with Gasteiger partial charge in [-0.3, -0.25) is 9.69 Å². The third-order valence-corrected chi connectivity index (χ3v) is 1.57. The van der Waals surface area contributed by atoms with Crippen LogP contribution in [0.3, 0.4) is 0 Å². The minimum atomic E-state index is -0.806. The van der Waals surface area contributed by atoms with Crippen LogP contribution in [0.25, 0.3) is 0 Å². The lowest BCUT2D eigenvalue weighted by atomic mass is 10.3. The zero-order valence-electron chi connectivity index (χ0n) is 8.03. The van der Waals surface area contributed by atoms with Crippen LogP contribution < -0.4 is 0 Å². The van der Waals surface area contributed by atoms with Crippen molar-refractivity contribution in [2.75, 3.05) is 33.4 Å². The van der Waals surface area contributed by atoms with Crippen LogP contribution in [0.2, 0.25) is 0 Å². The molecule has 0 aromatic carbocycles. The molecule has 0 aliphatic heterocycles. The lowest BCUT2D eigenvalue weighted by molar-refractivity contribution is -0.138. The number of methoxy groups -OCH3 is 1. The molecule has 0 rings (SSSR count). The summed E-state index contributed by atoms with van der Waals surface area (Å²) in [6, 6.07) is 0. The van der Waals surface area contributed by atoms with Crippen molar-refractivity contribution in [3.8, 4) is 0 Å². The van der Waals surface area contributed by atoms with Gasteiger partial charge in [-0.15, -0.1) is 6.58 Å². The molecule has 76 valence electrons. The lowest BCUT2D eigenvalue weighted by Gasteiger charge is -2.17. The minimum absolute atomic E-state index is 0.0652. The maximum Gasteiger partial charge on any atom is 0.317 e. The van der Waals surface area contributed by atoms with Crippen molar-refractivity contribution in [2.45, 2.75) is 6.42 Å². The summed E-state index contributed by atoms with van der Waals surface area (Å²) in [5.41, 5.74) is 0. The number of carboxylic acids is 1. The number of carboxylic acid groups (broad SMARTS) is 1. The molecule has 0 spiro atoms. The molecule has 0 radical (unpaired) electrons. The highest BCUT2D eigenvalue weighted by molar-refractivity contribution is 5.69. The monoisotopic (exact) mass is 187 g/mol. The van der Waals surface area contributed by atoms with Crippen LogP contribution in [-0.2, 0) is 9.53 Å². The fraction of sp³-hybridized carbons (Fsp3) is 0.667. The summed E-state index contributed by atoms with van der Waals surface area (Å²) in [5, 5.41) is 8.56. The van der Waals surface area contributed by atoms with Crippen LogP contribution in [0.15, 0.2) is 12.7 Å². The second kappa shape index (κ2) is 7.76. The van der Waals surface area contributed by atoms with Gasteiger partial charge in [0.25, 0.3) is 0 Å². The first-order chi connectivity index (χ1) is 6.20. The molecule has 4 nitrogen and oxygen atoms in total. The van der Waals surface area contributed by atoms with Gasteiger partial charge in [0.15, 0.2) is 0 Å². The first kappa shape index (κ1) is 12.1. The Kier molecular flexibility index (Phi) is 7.24.